The Morgan fingerprint density at radius 3 is 1.64 bits per heavy atom. The van der Waals surface area contributed by atoms with Crippen molar-refractivity contribution in [2.24, 2.45) is 0 Å². The van der Waals surface area contributed by atoms with Crippen LogP contribution in [0.2, 0.25) is 0 Å². The Morgan fingerprint density at radius 1 is 0.604 bits per heavy atom. The van der Waals surface area contributed by atoms with Gasteiger partial charge in [0.2, 0.25) is 0 Å². The average molecular weight is 764 g/mol. The predicted molar refractivity (Wildman–Crippen MR) is 220 cm³/mol. The molecule has 2 atom stereocenters. The molecule has 0 aromatic heterocycles. The molecular formula is C43H74NO8P. The first-order chi connectivity index (χ1) is 25.7. The number of phosphoric acid groups is 1. The van der Waals surface area contributed by atoms with Crippen molar-refractivity contribution in [2.75, 3.05) is 40.5 Å². The standard InChI is InChI=1S/C43H74NO8P/c1-5-7-9-11-13-15-17-18-19-20-21-22-23-24-26-28-30-32-34-36-43(46)52-41(40-51-53(47,48)50-38-37-44(3)4)39-49-42(45)35-33-31-29-27-25-16-14-12-10-8-6-2/h7,9,12-15,18-19,21-22,24,26,41H,5-6,8,10-11,16-17,20,23,25,27-40H2,1-4H3,(H,47,48)/b9-7-,14-12-,15-13-,19-18-,22-21-,26-24-. The lowest BCUT2D eigenvalue weighted by atomic mass is 10.1. The molecular weight excluding hydrogens is 689 g/mol. The fraction of sp³-hybridized carbons (Fsp3) is 0.674. The number of likely N-dealkylation sites (N-methyl/N-ethyl adjacent to an activating group) is 1. The summed E-state index contributed by atoms with van der Waals surface area (Å²) in [6.07, 6.45) is 43.8. The van der Waals surface area contributed by atoms with Crippen LogP contribution < -0.4 is 0 Å². The third-order valence-corrected chi connectivity index (χ3v) is 8.98. The van der Waals surface area contributed by atoms with Gasteiger partial charge in [0.1, 0.15) is 6.61 Å². The molecule has 0 aliphatic heterocycles. The molecule has 0 heterocycles. The Balaban J connectivity index is 4.42. The van der Waals surface area contributed by atoms with Gasteiger partial charge in [-0.15, -0.1) is 0 Å². The van der Waals surface area contributed by atoms with Gasteiger partial charge in [-0.1, -0.05) is 125 Å². The number of nitrogens with zero attached hydrogens (tertiary/aromatic N) is 1. The number of ether oxygens (including phenoxy) is 2. The van der Waals surface area contributed by atoms with E-state index in [4.69, 9.17) is 18.5 Å². The first-order valence-electron chi connectivity index (χ1n) is 20.2. The highest BCUT2D eigenvalue weighted by atomic mass is 31.2. The molecule has 0 saturated heterocycles. The Kier molecular flexibility index (Phi) is 35.9. The number of hydrogen-bond acceptors (Lipinski definition) is 8. The number of hydrogen-bond donors (Lipinski definition) is 1. The molecule has 0 aromatic carbocycles. The van der Waals surface area contributed by atoms with Crippen LogP contribution in [-0.4, -0.2) is 68.3 Å². The molecule has 9 nitrogen and oxygen atoms in total. The molecule has 0 saturated carbocycles. The molecule has 0 amide bonds. The van der Waals surface area contributed by atoms with Crippen molar-refractivity contribution in [1.29, 1.82) is 0 Å². The molecule has 304 valence electrons. The molecule has 0 aliphatic rings. The van der Waals surface area contributed by atoms with Gasteiger partial charge in [-0.3, -0.25) is 18.6 Å². The summed E-state index contributed by atoms with van der Waals surface area (Å²) in [7, 11) is -0.743. The van der Waals surface area contributed by atoms with E-state index < -0.39 is 32.5 Å². The maximum Gasteiger partial charge on any atom is 0.472 e. The van der Waals surface area contributed by atoms with Gasteiger partial charge in [-0.05, 0) is 91.1 Å². The molecule has 53 heavy (non-hydrogen) atoms. The van der Waals surface area contributed by atoms with E-state index in [0.717, 1.165) is 96.3 Å². The normalized spacial score (nSPS) is 14.2. The molecule has 1 N–H and O–H groups in total. The Morgan fingerprint density at radius 2 is 1.08 bits per heavy atom. The zero-order valence-corrected chi connectivity index (χ0v) is 34.6. The average Bonchev–Trinajstić information content (AvgIpc) is 3.12. The van der Waals surface area contributed by atoms with Crippen molar-refractivity contribution in [3.05, 3.63) is 72.9 Å². The van der Waals surface area contributed by atoms with Crippen molar-refractivity contribution < 1.29 is 37.6 Å². The fourth-order valence-electron chi connectivity index (χ4n) is 4.87. The molecule has 0 spiro atoms. The van der Waals surface area contributed by atoms with E-state index in [-0.39, 0.29) is 26.1 Å². The summed E-state index contributed by atoms with van der Waals surface area (Å²) in [5.41, 5.74) is 0. The van der Waals surface area contributed by atoms with Crippen molar-refractivity contribution in [2.45, 2.75) is 148 Å². The van der Waals surface area contributed by atoms with Crippen LogP contribution in [-0.2, 0) is 32.7 Å². The van der Waals surface area contributed by atoms with E-state index in [9.17, 15) is 19.0 Å². The van der Waals surface area contributed by atoms with Crippen molar-refractivity contribution >= 4 is 19.8 Å². The summed E-state index contributed by atoms with van der Waals surface area (Å²) < 4.78 is 33.3. The second-order valence-electron chi connectivity index (χ2n) is 13.4. The summed E-state index contributed by atoms with van der Waals surface area (Å²) in [5, 5.41) is 0. The third-order valence-electron chi connectivity index (χ3n) is 8.00. The van der Waals surface area contributed by atoms with E-state index in [1.165, 1.54) is 12.8 Å². The monoisotopic (exact) mass is 764 g/mol. The van der Waals surface area contributed by atoms with Crippen molar-refractivity contribution in [1.82, 2.24) is 4.90 Å². The van der Waals surface area contributed by atoms with Gasteiger partial charge < -0.3 is 19.3 Å². The van der Waals surface area contributed by atoms with Crippen LogP contribution in [0.5, 0.6) is 0 Å². The smallest absolute Gasteiger partial charge is 0.462 e. The second kappa shape index (κ2) is 37.8. The zero-order valence-electron chi connectivity index (χ0n) is 33.7. The van der Waals surface area contributed by atoms with Gasteiger partial charge in [-0.2, -0.15) is 0 Å². The topological polar surface area (TPSA) is 112 Å². The largest absolute Gasteiger partial charge is 0.472 e. The molecule has 2 unspecified atom stereocenters. The van der Waals surface area contributed by atoms with Crippen LogP contribution in [0.4, 0.5) is 0 Å². The maximum absolute atomic E-state index is 12.6. The van der Waals surface area contributed by atoms with Crippen LogP contribution in [0.15, 0.2) is 72.9 Å². The number of esters is 2. The number of unbranched alkanes of at least 4 members (excludes halogenated alkanes) is 10. The predicted octanol–water partition coefficient (Wildman–Crippen LogP) is 11.3. The van der Waals surface area contributed by atoms with Crippen LogP contribution in [0.3, 0.4) is 0 Å². The Bertz CT molecular complexity index is 1110. The molecule has 0 rings (SSSR count). The van der Waals surface area contributed by atoms with Gasteiger partial charge in [0, 0.05) is 19.4 Å². The molecule has 0 aromatic rings. The van der Waals surface area contributed by atoms with Gasteiger partial charge in [-0.25, -0.2) is 4.57 Å². The summed E-state index contributed by atoms with van der Waals surface area (Å²) in [4.78, 5) is 36.9. The summed E-state index contributed by atoms with van der Waals surface area (Å²) in [6, 6.07) is 0. The minimum absolute atomic E-state index is 0.00446. The lowest BCUT2D eigenvalue weighted by Gasteiger charge is -2.20. The molecule has 10 heteroatoms. The highest BCUT2D eigenvalue weighted by Crippen LogP contribution is 2.43. The number of phosphoric ester groups is 1. The lowest BCUT2D eigenvalue weighted by molar-refractivity contribution is -0.161. The minimum Gasteiger partial charge on any atom is -0.462 e. The van der Waals surface area contributed by atoms with E-state index in [0.29, 0.717) is 13.0 Å². The number of allylic oxidation sites excluding steroid dienone is 12. The molecule has 0 aliphatic carbocycles. The van der Waals surface area contributed by atoms with Crippen molar-refractivity contribution in [3.63, 3.8) is 0 Å². The van der Waals surface area contributed by atoms with Gasteiger partial charge in [0.15, 0.2) is 6.10 Å². The van der Waals surface area contributed by atoms with E-state index >= 15 is 0 Å². The summed E-state index contributed by atoms with van der Waals surface area (Å²) >= 11 is 0. The van der Waals surface area contributed by atoms with Gasteiger partial charge in [0.05, 0.1) is 13.2 Å². The quantitative estimate of drug-likeness (QED) is 0.0288. The lowest BCUT2D eigenvalue weighted by Crippen LogP contribution is -2.29. The van der Waals surface area contributed by atoms with Crippen LogP contribution in [0.25, 0.3) is 0 Å². The summed E-state index contributed by atoms with van der Waals surface area (Å²) in [5.74, 6) is -0.861. The zero-order chi connectivity index (χ0) is 39.1. The van der Waals surface area contributed by atoms with Crippen molar-refractivity contribution in [3.8, 4) is 0 Å². The third kappa shape index (κ3) is 39.0. The Hall–Kier alpha value is -2.55. The number of carbonyl (C=O) groups excluding carboxylic acids is 2. The first-order valence-corrected chi connectivity index (χ1v) is 21.7. The van der Waals surface area contributed by atoms with E-state index in [1.54, 1.807) is 4.90 Å². The number of carbonyl (C=O) groups is 2. The maximum atomic E-state index is 12.6. The van der Waals surface area contributed by atoms with Gasteiger partial charge >= 0.3 is 19.8 Å². The second-order valence-corrected chi connectivity index (χ2v) is 14.9. The summed E-state index contributed by atoms with van der Waals surface area (Å²) in [6.45, 7) is 4.09. The van der Waals surface area contributed by atoms with Crippen LogP contribution in [0.1, 0.15) is 142 Å². The SMILES string of the molecule is CC/C=C\C/C=C\C/C=C\C/C=C\C/C=C\CCCCCC(=O)OC(COC(=O)CCCCCCC/C=C\CCCC)COP(=O)(O)OCCN(C)C. The molecule has 0 bridgehead atoms. The molecule has 0 radical (unpaired) electrons. The van der Waals surface area contributed by atoms with Gasteiger partial charge in [0.25, 0.3) is 0 Å². The van der Waals surface area contributed by atoms with Crippen LogP contribution >= 0.6 is 7.82 Å². The highest BCUT2D eigenvalue weighted by Gasteiger charge is 2.26. The highest BCUT2D eigenvalue weighted by molar-refractivity contribution is 7.47. The van der Waals surface area contributed by atoms with E-state index in [2.05, 4.69) is 86.8 Å². The fourth-order valence-corrected chi connectivity index (χ4v) is 5.61. The van der Waals surface area contributed by atoms with E-state index in [1.807, 2.05) is 14.1 Å². The Labute approximate surface area is 323 Å². The molecule has 0 fully saturated rings. The first kappa shape index (κ1) is 50.5. The van der Waals surface area contributed by atoms with Crippen LogP contribution in [0, 0.1) is 0 Å². The number of rotatable bonds is 36. The minimum atomic E-state index is -4.37.